The van der Waals surface area contributed by atoms with Gasteiger partial charge in [-0.15, -0.1) is 0 Å². The minimum Gasteiger partial charge on any atom is -0.353 e. The molecule has 2 aliphatic carbocycles. The SMILES string of the molecule is CC(=O)N1C=Cc2ccccc2C1CC(=O)NC(C)C1CC2CCC1C2. The third-order valence-corrected chi connectivity index (χ3v) is 6.67. The number of benzene rings is 1. The number of carbonyl (C=O) groups is 2. The molecule has 0 aromatic heterocycles. The van der Waals surface area contributed by atoms with Gasteiger partial charge in [-0.05, 0) is 61.1 Å². The highest BCUT2D eigenvalue weighted by Crippen LogP contribution is 2.49. The molecule has 0 spiro atoms. The Labute approximate surface area is 155 Å². The molecule has 5 unspecified atom stereocenters. The molecule has 4 nitrogen and oxygen atoms in total. The van der Waals surface area contributed by atoms with Crippen molar-refractivity contribution in [3.63, 3.8) is 0 Å². The molecule has 0 radical (unpaired) electrons. The summed E-state index contributed by atoms with van der Waals surface area (Å²) in [4.78, 5) is 26.5. The van der Waals surface area contributed by atoms with Gasteiger partial charge < -0.3 is 10.2 Å². The summed E-state index contributed by atoms with van der Waals surface area (Å²) in [5.74, 6) is 2.31. The van der Waals surface area contributed by atoms with Crippen LogP contribution in [0, 0.1) is 17.8 Å². The lowest BCUT2D eigenvalue weighted by Crippen LogP contribution is -2.42. The van der Waals surface area contributed by atoms with E-state index in [9.17, 15) is 9.59 Å². The molecule has 2 bridgehead atoms. The molecule has 2 saturated carbocycles. The molecule has 3 aliphatic rings. The van der Waals surface area contributed by atoms with Crippen LogP contribution in [0.5, 0.6) is 0 Å². The van der Waals surface area contributed by atoms with E-state index in [1.54, 1.807) is 11.8 Å². The molecule has 1 heterocycles. The lowest BCUT2D eigenvalue weighted by atomic mass is 9.84. The summed E-state index contributed by atoms with van der Waals surface area (Å²) >= 11 is 0. The van der Waals surface area contributed by atoms with E-state index in [2.05, 4.69) is 12.2 Å². The summed E-state index contributed by atoms with van der Waals surface area (Å²) < 4.78 is 0. The molecule has 26 heavy (non-hydrogen) atoms. The number of nitrogens with zero attached hydrogens (tertiary/aromatic N) is 1. The largest absolute Gasteiger partial charge is 0.353 e. The van der Waals surface area contributed by atoms with Crippen molar-refractivity contribution in [1.29, 1.82) is 0 Å². The van der Waals surface area contributed by atoms with Crippen molar-refractivity contribution in [3.05, 3.63) is 41.6 Å². The first-order chi connectivity index (χ1) is 12.5. The van der Waals surface area contributed by atoms with Crippen LogP contribution in [0.15, 0.2) is 30.5 Å². The van der Waals surface area contributed by atoms with Gasteiger partial charge in [0, 0.05) is 19.2 Å². The van der Waals surface area contributed by atoms with Gasteiger partial charge >= 0.3 is 0 Å². The monoisotopic (exact) mass is 352 g/mol. The number of amides is 2. The van der Waals surface area contributed by atoms with Crippen LogP contribution in [0.25, 0.3) is 6.08 Å². The smallest absolute Gasteiger partial charge is 0.223 e. The van der Waals surface area contributed by atoms with E-state index >= 15 is 0 Å². The van der Waals surface area contributed by atoms with E-state index in [1.165, 1.54) is 25.7 Å². The minimum atomic E-state index is -0.221. The maximum atomic E-state index is 12.8. The highest BCUT2D eigenvalue weighted by Gasteiger charge is 2.42. The molecular formula is C22H28N2O2. The number of fused-ring (bicyclic) bond motifs is 3. The van der Waals surface area contributed by atoms with Crippen molar-refractivity contribution in [2.45, 2.75) is 58.0 Å². The molecule has 2 fully saturated rings. The van der Waals surface area contributed by atoms with Crippen LogP contribution in [0.4, 0.5) is 0 Å². The Hall–Kier alpha value is -2.10. The van der Waals surface area contributed by atoms with Crippen LogP contribution in [0.2, 0.25) is 0 Å². The van der Waals surface area contributed by atoms with Crippen molar-refractivity contribution >= 4 is 17.9 Å². The Bertz CT molecular complexity index is 741. The van der Waals surface area contributed by atoms with E-state index in [-0.39, 0.29) is 23.9 Å². The van der Waals surface area contributed by atoms with Gasteiger partial charge in [0.15, 0.2) is 0 Å². The second-order valence-electron chi connectivity index (χ2n) is 8.29. The first-order valence-corrected chi connectivity index (χ1v) is 9.88. The Balaban J connectivity index is 1.45. The standard InChI is InChI=1S/C22H28N2O2/c1-14(20-12-16-7-8-18(20)11-16)23-22(26)13-21-19-6-4-3-5-17(19)9-10-24(21)15(2)25/h3-6,9-10,14,16,18,20-21H,7-8,11-13H2,1-2H3,(H,23,26). The van der Waals surface area contributed by atoms with Crippen molar-refractivity contribution in [3.8, 4) is 0 Å². The highest BCUT2D eigenvalue weighted by atomic mass is 16.2. The van der Waals surface area contributed by atoms with Crippen molar-refractivity contribution < 1.29 is 9.59 Å². The molecule has 4 heteroatoms. The fraction of sp³-hybridized carbons (Fsp3) is 0.545. The molecular weight excluding hydrogens is 324 g/mol. The van der Waals surface area contributed by atoms with Gasteiger partial charge in [-0.2, -0.15) is 0 Å². The third-order valence-electron chi connectivity index (χ3n) is 6.67. The van der Waals surface area contributed by atoms with E-state index in [0.29, 0.717) is 12.3 Å². The Morgan fingerprint density at radius 3 is 2.73 bits per heavy atom. The molecule has 4 rings (SSSR count). The van der Waals surface area contributed by atoms with Crippen LogP contribution in [0.3, 0.4) is 0 Å². The van der Waals surface area contributed by atoms with Gasteiger partial charge in [0.25, 0.3) is 0 Å². The lowest BCUT2D eigenvalue weighted by Gasteiger charge is -2.33. The van der Waals surface area contributed by atoms with Gasteiger partial charge in [-0.3, -0.25) is 9.59 Å². The summed E-state index contributed by atoms with van der Waals surface area (Å²) in [5.41, 5.74) is 2.14. The molecule has 138 valence electrons. The zero-order chi connectivity index (χ0) is 18.3. The molecule has 5 atom stereocenters. The van der Waals surface area contributed by atoms with E-state index < -0.39 is 0 Å². The van der Waals surface area contributed by atoms with Crippen molar-refractivity contribution in [2.24, 2.45) is 17.8 Å². The Morgan fingerprint density at radius 1 is 1.23 bits per heavy atom. The average Bonchev–Trinajstić information content (AvgIpc) is 3.25. The number of hydrogen-bond donors (Lipinski definition) is 1. The third kappa shape index (κ3) is 3.17. The van der Waals surface area contributed by atoms with E-state index in [4.69, 9.17) is 0 Å². The normalized spacial score (nSPS) is 30.2. The van der Waals surface area contributed by atoms with Crippen LogP contribution in [0.1, 0.15) is 63.1 Å². The van der Waals surface area contributed by atoms with Gasteiger partial charge in [0.05, 0.1) is 12.5 Å². The zero-order valence-electron chi connectivity index (χ0n) is 15.7. The highest BCUT2D eigenvalue weighted by molar-refractivity contribution is 5.82. The summed E-state index contributed by atoms with van der Waals surface area (Å²) in [6, 6.07) is 8.01. The first-order valence-electron chi connectivity index (χ1n) is 9.88. The van der Waals surface area contributed by atoms with Crippen molar-refractivity contribution in [1.82, 2.24) is 10.2 Å². The van der Waals surface area contributed by atoms with Crippen molar-refractivity contribution in [2.75, 3.05) is 0 Å². The Kier molecular flexibility index (Phi) is 4.60. The summed E-state index contributed by atoms with van der Waals surface area (Å²) in [6.45, 7) is 3.71. The number of rotatable bonds is 4. The molecule has 1 aromatic rings. The predicted molar refractivity (Wildman–Crippen MR) is 102 cm³/mol. The van der Waals surface area contributed by atoms with E-state index in [0.717, 1.165) is 23.0 Å². The summed E-state index contributed by atoms with van der Waals surface area (Å²) in [5, 5.41) is 3.24. The second kappa shape index (κ2) is 6.90. The number of hydrogen-bond acceptors (Lipinski definition) is 2. The van der Waals surface area contributed by atoms with E-state index in [1.807, 2.05) is 36.5 Å². The predicted octanol–water partition coefficient (Wildman–Crippen LogP) is 3.89. The van der Waals surface area contributed by atoms with Gasteiger partial charge in [-0.25, -0.2) is 0 Å². The Morgan fingerprint density at radius 2 is 2.04 bits per heavy atom. The first kappa shape index (κ1) is 17.3. The quantitative estimate of drug-likeness (QED) is 0.894. The second-order valence-corrected chi connectivity index (χ2v) is 8.29. The fourth-order valence-corrected chi connectivity index (χ4v) is 5.42. The summed E-state index contributed by atoms with van der Waals surface area (Å²) in [7, 11) is 0. The molecule has 0 saturated heterocycles. The number of nitrogens with one attached hydrogen (secondary N) is 1. The lowest BCUT2D eigenvalue weighted by molar-refractivity contribution is -0.130. The van der Waals surface area contributed by atoms with Gasteiger partial charge in [0.2, 0.25) is 11.8 Å². The molecule has 1 aliphatic heterocycles. The molecule has 1 aromatic carbocycles. The van der Waals surface area contributed by atoms with Crippen LogP contribution in [-0.4, -0.2) is 22.8 Å². The zero-order valence-corrected chi connectivity index (χ0v) is 15.7. The van der Waals surface area contributed by atoms with Gasteiger partial charge in [0.1, 0.15) is 0 Å². The maximum absolute atomic E-state index is 12.8. The molecule has 1 N–H and O–H groups in total. The van der Waals surface area contributed by atoms with Crippen LogP contribution in [-0.2, 0) is 9.59 Å². The average molecular weight is 352 g/mol. The van der Waals surface area contributed by atoms with Crippen LogP contribution < -0.4 is 5.32 Å². The topological polar surface area (TPSA) is 49.4 Å². The maximum Gasteiger partial charge on any atom is 0.223 e. The fourth-order valence-electron chi connectivity index (χ4n) is 5.42. The minimum absolute atomic E-state index is 0.0327. The summed E-state index contributed by atoms with van der Waals surface area (Å²) in [6.07, 6.45) is 9.39. The molecule has 2 amide bonds. The van der Waals surface area contributed by atoms with Gasteiger partial charge in [-0.1, -0.05) is 30.7 Å². The number of carbonyl (C=O) groups excluding carboxylic acids is 2. The van der Waals surface area contributed by atoms with Crippen LogP contribution >= 0.6 is 0 Å².